The Morgan fingerprint density at radius 1 is 0.974 bits per heavy atom. The number of anilines is 1. The van der Waals surface area contributed by atoms with Crippen LogP contribution in [0.3, 0.4) is 0 Å². The molecule has 3 aromatic carbocycles. The van der Waals surface area contributed by atoms with E-state index in [4.69, 9.17) is 23.7 Å². The van der Waals surface area contributed by atoms with Gasteiger partial charge in [0.05, 0.1) is 12.1 Å². The first kappa shape index (κ1) is 25.9. The van der Waals surface area contributed by atoms with Crippen molar-refractivity contribution in [3.8, 4) is 28.9 Å². The van der Waals surface area contributed by atoms with Crippen LogP contribution < -0.4 is 29.6 Å². The summed E-state index contributed by atoms with van der Waals surface area (Å²) < 4.78 is 56.3. The van der Waals surface area contributed by atoms with E-state index in [0.29, 0.717) is 53.5 Å². The van der Waals surface area contributed by atoms with Gasteiger partial charge in [0.25, 0.3) is 0 Å². The van der Waals surface area contributed by atoms with Crippen LogP contribution in [0.4, 0.5) is 19.3 Å². The van der Waals surface area contributed by atoms with Crippen molar-refractivity contribution in [3.05, 3.63) is 72.1 Å². The first-order chi connectivity index (χ1) is 19.0. The average Bonchev–Trinajstić information content (AvgIpc) is 2.94. The van der Waals surface area contributed by atoms with E-state index < -0.39 is 11.8 Å². The number of amides is 2. The monoisotopic (exact) mass is 538 g/mol. The summed E-state index contributed by atoms with van der Waals surface area (Å²) in [4.78, 5) is 20.7. The summed E-state index contributed by atoms with van der Waals surface area (Å²) in [6.07, 6.45) is 1.28. The maximum absolute atomic E-state index is 15.0. The summed E-state index contributed by atoms with van der Waals surface area (Å²) in [6, 6.07) is 10.8. The molecule has 1 aliphatic rings. The molecule has 202 valence electrons. The summed E-state index contributed by atoms with van der Waals surface area (Å²) in [5.74, 6) is -0.0373. The number of hydrogen-bond acceptors (Lipinski definition) is 8. The number of urea groups is 1. The Balaban J connectivity index is 1.33. The topological polar surface area (TPSA) is 113 Å². The lowest BCUT2D eigenvalue weighted by atomic mass is 10.1. The minimum absolute atomic E-state index is 0.0573. The van der Waals surface area contributed by atoms with E-state index >= 15 is 0 Å². The van der Waals surface area contributed by atoms with Crippen LogP contribution in [0.25, 0.3) is 10.9 Å². The van der Waals surface area contributed by atoms with Gasteiger partial charge in [0.2, 0.25) is 11.6 Å². The molecule has 4 aromatic rings. The molecule has 5 rings (SSSR count). The first-order valence-corrected chi connectivity index (χ1v) is 12.0. The fourth-order valence-electron chi connectivity index (χ4n) is 3.83. The van der Waals surface area contributed by atoms with Crippen LogP contribution in [0.15, 0.2) is 54.9 Å². The summed E-state index contributed by atoms with van der Waals surface area (Å²) in [6.45, 7) is 1.46. The molecule has 2 amide bonds. The Morgan fingerprint density at radius 2 is 1.77 bits per heavy atom. The molecule has 0 bridgehead atoms. The largest absolute Gasteiger partial charge is 0.487 e. The van der Waals surface area contributed by atoms with Gasteiger partial charge in [-0.3, -0.25) is 0 Å². The fourth-order valence-corrected chi connectivity index (χ4v) is 3.83. The van der Waals surface area contributed by atoms with Gasteiger partial charge in [0, 0.05) is 31.5 Å². The van der Waals surface area contributed by atoms with E-state index in [2.05, 4.69) is 20.6 Å². The minimum Gasteiger partial charge on any atom is -0.487 e. The predicted molar refractivity (Wildman–Crippen MR) is 137 cm³/mol. The SMILES string of the molecule is COCCOc1cc2ncnc(Oc3ccc(NC(=O)NCc4ccc(F)cc4)cc3F)c2c2c1OCCO2. The number of fused-ring (bicyclic) bond motifs is 3. The second-order valence-corrected chi connectivity index (χ2v) is 8.33. The summed E-state index contributed by atoms with van der Waals surface area (Å²) in [5, 5.41) is 5.57. The number of nitrogens with one attached hydrogen (secondary N) is 2. The lowest BCUT2D eigenvalue weighted by Crippen LogP contribution is -2.28. The molecule has 39 heavy (non-hydrogen) atoms. The zero-order valence-electron chi connectivity index (χ0n) is 20.8. The quantitative estimate of drug-likeness (QED) is 0.292. The van der Waals surface area contributed by atoms with Gasteiger partial charge < -0.3 is 34.3 Å². The normalized spacial score (nSPS) is 12.2. The summed E-state index contributed by atoms with van der Waals surface area (Å²) in [7, 11) is 1.57. The van der Waals surface area contributed by atoms with Crippen molar-refractivity contribution in [2.45, 2.75) is 6.54 Å². The molecule has 1 aliphatic heterocycles. The van der Waals surface area contributed by atoms with E-state index in [1.165, 1.54) is 30.6 Å². The van der Waals surface area contributed by atoms with Crippen molar-refractivity contribution in [2.24, 2.45) is 0 Å². The maximum atomic E-state index is 15.0. The number of methoxy groups -OCH3 is 1. The molecule has 0 atom stereocenters. The molecule has 0 radical (unpaired) electrons. The molecule has 0 spiro atoms. The second kappa shape index (κ2) is 11.8. The fraction of sp³-hybridized carbons (Fsp3) is 0.222. The van der Waals surface area contributed by atoms with Crippen molar-refractivity contribution < 1.29 is 37.3 Å². The van der Waals surface area contributed by atoms with Gasteiger partial charge in [0.15, 0.2) is 23.1 Å². The van der Waals surface area contributed by atoms with Gasteiger partial charge in [-0.25, -0.2) is 23.5 Å². The van der Waals surface area contributed by atoms with Crippen LogP contribution in [-0.4, -0.2) is 49.5 Å². The average molecular weight is 539 g/mol. The number of aromatic nitrogens is 2. The van der Waals surface area contributed by atoms with Gasteiger partial charge in [-0.1, -0.05) is 12.1 Å². The third kappa shape index (κ3) is 6.07. The summed E-state index contributed by atoms with van der Waals surface area (Å²) in [5.41, 5.74) is 1.37. The van der Waals surface area contributed by atoms with Gasteiger partial charge in [-0.05, 0) is 29.8 Å². The molecule has 0 saturated heterocycles. The Kier molecular flexibility index (Phi) is 7.83. The molecule has 12 heteroatoms. The van der Waals surface area contributed by atoms with E-state index in [9.17, 15) is 13.6 Å². The zero-order valence-corrected chi connectivity index (χ0v) is 20.8. The second-order valence-electron chi connectivity index (χ2n) is 8.33. The third-order valence-electron chi connectivity index (χ3n) is 5.65. The molecule has 1 aromatic heterocycles. The number of halogens is 2. The molecule has 0 aliphatic carbocycles. The zero-order chi connectivity index (χ0) is 27.2. The number of hydrogen-bond donors (Lipinski definition) is 2. The van der Waals surface area contributed by atoms with Crippen molar-refractivity contribution in [2.75, 3.05) is 38.9 Å². The lowest BCUT2D eigenvalue weighted by molar-refractivity contribution is 0.134. The van der Waals surface area contributed by atoms with E-state index in [1.54, 1.807) is 25.3 Å². The van der Waals surface area contributed by atoms with E-state index in [0.717, 1.165) is 6.07 Å². The smallest absolute Gasteiger partial charge is 0.319 e. The predicted octanol–water partition coefficient (Wildman–Crippen LogP) is 4.82. The molecule has 2 heterocycles. The summed E-state index contributed by atoms with van der Waals surface area (Å²) >= 11 is 0. The Morgan fingerprint density at radius 3 is 2.54 bits per heavy atom. The standard InChI is InChI=1S/C27H24F2N4O6/c1-35-8-9-36-22-13-20-23(25-24(22)37-10-11-38-25)26(32-15-31-20)39-21-7-6-18(12-19(21)29)33-27(34)30-14-16-2-4-17(28)5-3-16/h2-7,12-13,15H,8-11,14H2,1H3,(H2,30,33,34). The van der Waals surface area contributed by atoms with Crippen LogP contribution in [0.1, 0.15) is 5.56 Å². The van der Waals surface area contributed by atoms with Crippen molar-refractivity contribution in [1.29, 1.82) is 0 Å². The van der Waals surface area contributed by atoms with Crippen LogP contribution >= 0.6 is 0 Å². The van der Waals surface area contributed by atoms with Crippen LogP contribution in [-0.2, 0) is 11.3 Å². The van der Waals surface area contributed by atoms with E-state index in [1.807, 2.05) is 0 Å². The number of rotatable bonds is 9. The highest BCUT2D eigenvalue weighted by Crippen LogP contribution is 2.48. The van der Waals surface area contributed by atoms with Crippen molar-refractivity contribution in [3.63, 3.8) is 0 Å². The van der Waals surface area contributed by atoms with Gasteiger partial charge in [-0.15, -0.1) is 0 Å². The molecular formula is C27H24F2N4O6. The molecule has 0 unspecified atom stereocenters. The van der Waals surface area contributed by atoms with Crippen LogP contribution in [0.2, 0.25) is 0 Å². The number of nitrogens with zero attached hydrogens (tertiary/aromatic N) is 2. The number of ether oxygens (including phenoxy) is 5. The Hall–Kier alpha value is -4.71. The van der Waals surface area contributed by atoms with Gasteiger partial charge in [0.1, 0.15) is 37.4 Å². The highest BCUT2D eigenvalue weighted by Gasteiger charge is 2.25. The molecule has 2 N–H and O–H groups in total. The first-order valence-electron chi connectivity index (χ1n) is 12.0. The van der Waals surface area contributed by atoms with Gasteiger partial charge >= 0.3 is 6.03 Å². The highest BCUT2D eigenvalue weighted by molar-refractivity contribution is 5.94. The molecule has 0 saturated carbocycles. The number of carbonyl (C=O) groups excluding carboxylic acids is 1. The van der Waals surface area contributed by atoms with Crippen molar-refractivity contribution >= 4 is 22.6 Å². The van der Waals surface area contributed by atoms with E-state index in [-0.39, 0.29) is 36.3 Å². The minimum atomic E-state index is -0.733. The Labute approximate surface area is 221 Å². The molecule has 10 nitrogen and oxygen atoms in total. The van der Waals surface area contributed by atoms with Crippen molar-refractivity contribution in [1.82, 2.24) is 15.3 Å². The molecule has 0 fully saturated rings. The Bertz CT molecular complexity index is 1490. The molecular weight excluding hydrogens is 514 g/mol. The number of benzene rings is 3. The van der Waals surface area contributed by atoms with Crippen LogP contribution in [0.5, 0.6) is 28.9 Å². The third-order valence-corrected chi connectivity index (χ3v) is 5.65. The maximum Gasteiger partial charge on any atom is 0.319 e. The van der Waals surface area contributed by atoms with Crippen LogP contribution in [0, 0.1) is 11.6 Å². The number of carbonyl (C=O) groups is 1. The van der Waals surface area contributed by atoms with Gasteiger partial charge in [-0.2, -0.15) is 0 Å². The lowest BCUT2D eigenvalue weighted by Gasteiger charge is -2.23. The highest BCUT2D eigenvalue weighted by atomic mass is 19.1.